The maximum absolute atomic E-state index is 13.0. The van der Waals surface area contributed by atoms with Crippen LogP contribution in [-0.4, -0.2) is 46.8 Å². The van der Waals surface area contributed by atoms with Crippen LogP contribution in [0.1, 0.15) is 50.8 Å². The zero-order valence-electron chi connectivity index (χ0n) is 16.2. The van der Waals surface area contributed by atoms with Gasteiger partial charge in [-0.05, 0) is 31.9 Å². The van der Waals surface area contributed by atoms with Crippen molar-refractivity contribution < 1.29 is 18.8 Å². The first kappa shape index (κ1) is 18.5. The Labute approximate surface area is 163 Å². The monoisotopic (exact) mass is 383 g/mol. The van der Waals surface area contributed by atoms with E-state index < -0.39 is 11.6 Å². The molecule has 1 aromatic heterocycles. The number of nitrogens with zero attached hydrogens (tertiary/aromatic N) is 2. The Morgan fingerprint density at radius 3 is 2.64 bits per heavy atom. The van der Waals surface area contributed by atoms with Gasteiger partial charge in [-0.3, -0.25) is 14.5 Å². The minimum atomic E-state index is -0.764. The molecule has 1 atom stereocenters. The maximum atomic E-state index is 13.0. The van der Waals surface area contributed by atoms with E-state index in [4.69, 9.17) is 4.42 Å². The second kappa shape index (κ2) is 6.96. The van der Waals surface area contributed by atoms with E-state index in [-0.39, 0.29) is 24.4 Å². The lowest BCUT2D eigenvalue weighted by atomic mass is 9.81. The molecule has 148 valence electrons. The number of carbonyl (C=O) groups is 3. The minimum absolute atomic E-state index is 0.244. The third-order valence-corrected chi connectivity index (χ3v) is 6.03. The van der Waals surface area contributed by atoms with Crippen molar-refractivity contribution in [3.05, 3.63) is 36.1 Å². The Bertz CT molecular complexity index is 896. The van der Waals surface area contributed by atoms with Crippen LogP contribution in [0.25, 0.3) is 11.0 Å². The second-order valence-corrected chi connectivity index (χ2v) is 7.80. The van der Waals surface area contributed by atoms with Gasteiger partial charge in [0, 0.05) is 12.4 Å². The summed E-state index contributed by atoms with van der Waals surface area (Å²) in [6.07, 6.45) is 4.26. The van der Waals surface area contributed by atoms with Gasteiger partial charge < -0.3 is 14.6 Å². The fourth-order valence-corrected chi connectivity index (χ4v) is 4.39. The molecule has 4 rings (SSSR count). The number of rotatable bonds is 4. The summed E-state index contributed by atoms with van der Waals surface area (Å²) in [6.45, 7) is 1.55. The standard InChI is InChI=1S/C21H25N3O4/c1-14(17-12-15-8-4-5-9-16(15)28-17)22-18(25)13-24-19(26)21(23(2)20(24)27)10-6-3-7-11-21/h4-5,8-9,12,14H,3,6-7,10-11,13H2,1-2H3,(H,22,25). The zero-order valence-corrected chi connectivity index (χ0v) is 16.2. The number of nitrogens with one attached hydrogen (secondary N) is 1. The number of fused-ring (bicyclic) bond motifs is 1. The Morgan fingerprint density at radius 1 is 1.21 bits per heavy atom. The SMILES string of the molecule is CC(NC(=O)CN1C(=O)N(C)C2(CCCCC2)C1=O)c1cc2ccccc2o1. The Hall–Kier alpha value is -2.83. The number of urea groups is 1. The number of amides is 4. The number of carbonyl (C=O) groups excluding carboxylic acids is 3. The first-order valence-electron chi connectivity index (χ1n) is 9.80. The van der Waals surface area contributed by atoms with Crippen LogP contribution in [0.5, 0.6) is 0 Å². The van der Waals surface area contributed by atoms with Crippen molar-refractivity contribution in [3.63, 3.8) is 0 Å². The van der Waals surface area contributed by atoms with E-state index in [1.165, 1.54) is 4.90 Å². The van der Waals surface area contributed by atoms with E-state index in [1.807, 2.05) is 37.3 Å². The van der Waals surface area contributed by atoms with E-state index >= 15 is 0 Å². The fourth-order valence-electron chi connectivity index (χ4n) is 4.39. The Morgan fingerprint density at radius 2 is 1.93 bits per heavy atom. The molecule has 2 aliphatic rings. The summed E-state index contributed by atoms with van der Waals surface area (Å²) in [4.78, 5) is 40.8. The van der Waals surface area contributed by atoms with Gasteiger partial charge in [0.15, 0.2) is 0 Å². The van der Waals surface area contributed by atoms with E-state index in [0.717, 1.165) is 35.1 Å². The van der Waals surface area contributed by atoms with Crippen molar-refractivity contribution in [2.75, 3.05) is 13.6 Å². The van der Waals surface area contributed by atoms with Crippen molar-refractivity contribution in [1.82, 2.24) is 15.1 Å². The maximum Gasteiger partial charge on any atom is 0.327 e. The lowest BCUT2D eigenvalue weighted by Gasteiger charge is -2.35. The first-order chi connectivity index (χ1) is 13.4. The van der Waals surface area contributed by atoms with Crippen molar-refractivity contribution in [1.29, 1.82) is 0 Å². The van der Waals surface area contributed by atoms with Crippen LogP contribution >= 0.6 is 0 Å². The quantitative estimate of drug-likeness (QED) is 0.822. The molecule has 4 amide bonds. The summed E-state index contributed by atoms with van der Waals surface area (Å²) in [7, 11) is 1.67. The van der Waals surface area contributed by atoms with Gasteiger partial charge in [0.05, 0.1) is 6.04 Å². The number of likely N-dealkylation sites (N-methyl/N-ethyl adjacent to an activating group) is 1. The summed E-state index contributed by atoms with van der Waals surface area (Å²) in [5.74, 6) is 0.0108. The van der Waals surface area contributed by atoms with Crippen LogP contribution < -0.4 is 5.32 Å². The zero-order chi connectivity index (χ0) is 19.9. The summed E-state index contributed by atoms with van der Waals surface area (Å²) in [6, 6.07) is 8.75. The van der Waals surface area contributed by atoms with Crippen molar-refractivity contribution >= 4 is 28.8 Å². The Kier molecular flexibility index (Phi) is 4.61. The number of hydrogen-bond donors (Lipinski definition) is 1. The van der Waals surface area contributed by atoms with Crippen LogP contribution in [0.15, 0.2) is 34.7 Å². The normalized spacial score (nSPS) is 20.2. The molecule has 0 bridgehead atoms. The topological polar surface area (TPSA) is 82.9 Å². The molecule has 1 aliphatic carbocycles. The van der Waals surface area contributed by atoms with Crippen molar-refractivity contribution in [3.8, 4) is 0 Å². The predicted octanol–water partition coefficient (Wildman–Crippen LogP) is 3.21. The van der Waals surface area contributed by atoms with Crippen LogP contribution in [-0.2, 0) is 9.59 Å². The van der Waals surface area contributed by atoms with Gasteiger partial charge in [0.2, 0.25) is 5.91 Å². The highest BCUT2D eigenvalue weighted by atomic mass is 16.3. The molecule has 7 heteroatoms. The van der Waals surface area contributed by atoms with Crippen LogP contribution in [0.4, 0.5) is 4.79 Å². The third kappa shape index (κ3) is 2.95. The van der Waals surface area contributed by atoms with E-state index in [2.05, 4.69) is 5.32 Å². The van der Waals surface area contributed by atoms with E-state index in [9.17, 15) is 14.4 Å². The molecule has 0 radical (unpaired) electrons. The molecule has 1 aliphatic heterocycles. The summed E-state index contributed by atoms with van der Waals surface area (Å²) in [5.41, 5.74) is -0.00988. The molecule has 1 aromatic carbocycles. The molecule has 1 saturated carbocycles. The third-order valence-electron chi connectivity index (χ3n) is 6.03. The summed E-state index contributed by atoms with van der Waals surface area (Å²) < 4.78 is 5.78. The second-order valence-electron chi connectivity index (χ2n) is 7.80. The predicted molar refractivity (Wildman–Crippen MR) is 103 cm³/mol. The Balaban J connectivity index is 1.44. The molecule has 1 spiro atoms. The molecule has 28 heavy (non-hydrogen) atoms. The largest absolute Gasteiger partial charge is 0.459 e. The number of imide groups is 1. The molecular formula is C21H25N3O4. The van der Waals surface area contributed by atoms with Crippen LogP contribution in [0, 0.1) is 0 Å². The number of benzene rings is 1. The number of furan rings is 1. The van der Waals surface area contributed by atoms with Gasteiger partial charge in [-0.15, -0.1) is 0 Å². The molecule has 1 unspecified atom stereocenters. The molecule has 7 nitrogen and oxygen atoms in total. The van der Waals surface area contributed by atoms with E-state index in [1.54, 1.807) is 7.05 Å². The van der Waals surface area contributed by atoms with Crippen LogP contribution in [0.3, 0.4) is 0 Å². The van der Waals surface area contributed by atoms with Gasteiger partial charge in [-0.2, -0.15) is 0 Å². The lowest BCUT2D eigenvalue weighted by molar-refractivity contribution is -0.137. The van der Waals surface area contributed by atoms with Gasteiger partial charge in [-0.25, -0.2) is 4.79 Å². The number of hydrogen-bond acceptors (Lipinski definition) is 4. The molecule has 2 aromatic rings. The van der Waals surface area contributed by atoms with Gasteiger partial charge >= 0.3 is 6.03 Å². The van der Waals surface area contributed by atoms with Crippen molar-refractivity contribution in [2.45, 2.75) is 50.6 Å². The molecular weight excluding hydrogens is 358 g/mol. The highest BCUT2D eigenvalue weighted by Gasteiger charge is 2.55. The summed E-state index contributed by atoms with van der Waals surface area (Å²) >= 11 is 0. The molecule has 1 N–H and O–H groups in total. The minimum Gasteiger partial charge on any atom is -0.459 e. The highest BCUT2D eigenvalue weighted by molar-refractivity contribution is 6.09. The summed E-state index contributed by atoms with van der Waals surface area (Å²) in [5, 5.41) is 3.80. The molecule has 2 fully saturated rings. The fraction of sp³-hybridized carbons (Fsp3) is 0.476. The molecule has 2 heterocycles. The van der Waals surface area contributed by atoms with Gasteiger partial charge in [0.25, 0.3) is 5.91 Å². The number of para-hydroxylation sites is 1. The molecule has 1 saturated heterocycles. The van der Waals surface area contributed by atoms with Gasteiger partial charge in [-0.1, -0.05) is 37.5 Å². The van der Waals surface area contributed by atoms with Gasteiger partial charge in [0.1, 0.15) is 23.4 Å². The van der Waals surface area contributed by atoms with Crippen LogP contribution in [0.2, 0.25) is 0 Å². The van der Waals surface area contributed by atoms with Crippen molar-refractivity contribution in [2.24, 2.45) is 0 Å². The average molecular weight is 383 g/mol. The highest BCUT2D eigenvalue weighted by Crippen LogP contribution is 2.39. The first-order valence-corrected chi connectivity index (χ1v) is 9.80. The smallest absolute Gasteiger partial charge is 0.327 e. The van der Waals surface area contributed by atoms with E-state index in [0.29, 0.717) is 18.6 Å². The lowest BCUT2D eigenvalue weighted by Crippen LogP contribution is -2.49. The average Bonchev–Trinajstić information content (AvgIpc) is 3.20.